The SMILES string of the molecule is CCCCCCCCCCc1ccc(CCN2CCC(NCC)(C(=O)OC=O)CC2)cc1. The van der Waals surface area contributed by atoms with Crippen LogP contribution >= 0.6 is 0 Å². The maximum Gasteiger partial charge on any atom is 0.333 e. The Labute approximate surface area is 195 Å². The minimum atomic E-state index is -0.719. The molecule has 0 aliphatic carbocycles. The van der Waals surface area contributed by atoms with E-state index in [1.54, 1.807) is 0 Å². The molecule has 1 fully saturated rings. The van der Waals surface area contributed by atoms with Crippen molar-refractivity contribution < 1.29 is 14.3 Å². The summed E-state index contributed by atoms with van der Waals surface area (Å²) in [5.74, 6) is -0.443. The highest BCUT2D eigenvalue weighted by Crippen LogP contribution is 2.24. The first-order chi connectivity index (χ1) is 15.6. The van der Waals surface area contributed by atoms with E-state index in [-0.39, 0.29) is 6.47 Å². The molecule has 2 rings (SSSR count). The van der Waals surface area contributed by atoms with Gasteiger partial charge in [-0.2, -0.15) is 0 Å². The molecule has 1 heterocycles. The van der Waals surface area contributed by atoms with Crippen LogP contribution in [0.15, 0.2) is 24.3 Å². The van der Waals surface area contributed by atoms with E-state index in [9.17, 15) is 9.59 Å². The second-order valence-corrected chi connectivity index (χ2v) is 9.25. The molecule has 1 aliphatic heterocycles. The molecule has 0 saturated carbocycles. The van der Waals surface area contributed by atoms with Gasteiger partial charge < -0.3 is 15.0 Å². The molecule has 0 unspecified atom stereocenters. The number of carbonyl (C=O) groups is 2. The molecule has 1 aromatic rings. The molecule has 0 bridgehead atoms. The van der Waals surface area contributed by atoms with Crippen LogP contribution in [0.1, 0.15) is 89.2 Å². The topological polar surface area (TPSA) is 58.6 Å². The van der Waals surface area contributed by atoms with E-state index in [1.165, 1.54) is 68.9 Å². The lowest BCUT2D eigenvalue weighted by molar-refractivity contribution is -0.159. The van der Waals surface area contributed by atoms with Crippen LogP contribution in [-0.2, 0) is 27.2 Å². The second kappa shape index (κ2) is 15.2. The number of piperidine rings is 1. The number of hydrogen-bond donors (Lipinski definition) is 1. The lowest BCUT2D eigenvalue weighted by Gasteiger charge is -2.39. The highest BCUT2D eigenvalue weighted by Gasteiger charge is 2.42. The van der Waals surface area contributed by atoms with Crippen LogP contribution in [0.25, 0.3) is 0 Å². The Morgan fingerprint density at radius 1 is 0.938 bits per heavy atom. The van der Waals surface area contributed by atoms with Crippen LogP contribution < -0.4 is 5.32 Å². The lowest BCUT2D eigenvalue weighted by Crippen LogP contribution is -2.59. The van der Waals surface area contributed by atoms with Gasteiger partial charge in [0.25, 0.3) is 0 Å². The first-order valence-corrected chi connectivity index (χ1v) is 12.8. The molecule has 180 valence electrons. The van der Waals surface area contributed by atoms with E-state index in [1.807, 2.05) is 6.92 Å². The summed E-state index contributed by atoms with van der Waals surface area (Å²) in [4.78, 5) is 25.3. The van der Waals surface area contributed by atoms with Crippen molar-refractivity contribution in [1.82, 2.24) is 10.2 Å². The molecular weight excluding hydrogens is 400 g/mol. The van der Waals surface area contributed by atoms with E-state index in [0.29, 0.717) is 19.4 Å². The Bertz CT molecular complexity index is 651. The largest absolute Gasteiger partial charge is 0.394 e. The first kappa shape index (κ1) is 26.5. The number of benzene rings is 1. The van der Waals surface area contributed by atoms with E-state index >= 15 is 0 Å². The van der Waals surface area contributed by atoms with Crippen molar-refractivity contribution in [2.75, 3.05) is 26.2 Å². The first-order valence-electron chi connectivity index (χ1n) is 12.8. The van der Waals surface area contributed by atoms with Gasteiger partial charge >= 0.3 is 12.4 Å². The smallest absolute Gasteiger partial charge is 0.333 e. The summed E-state index contributed by atoms with van der Waals surface area (Å²) >= 11 is 0. The van der Waals surface area contributed by atoms with Gasteiger partial charge in [-0.3, -0.25) is 4.79 Å². The molecule has 0 spiro atoms. The Morgan fingerprint density at radius 2 is 1.50 bits per heavy atom. The predicted octanol–water partition coefficient (Wildman–Crippen LogP) is 5.06. The third-order valence-electron chi connectivity index (χ3n) is 6.83. The summed E-state index contributed by atoms with van der Waals surface area (Å²) in [5.41, 5.74) is 2.10. The number of hydrogen-bond acceptors (Lipinski definition) is 5. The average molecular weight is 445 g/mol. The second-order valence-electron chi connectivity index (χ2n) is 9.25. The zero-order valence-corrected chi connectivity index (χ0v) is 20.4. The summed E-state index contributed by atoms with van der Waals surface area (Å²) in [5, 5.41) is 3.26. The Morgan fingerprint density at radius 3 is 2.06 bits per heavy atom. The fraction of sp³-hybridized carbons (Fsp3) is 0.704. The molecule has 1 N–H and O–H groups in total. The van der Waals surface area contributed by atoms with Gasteiger partial charge in [0.05, 0.1) is 0 Å². The van der Waals surface area contributed by atoms with Gasteiger partial charge in [-0.15, -0.1) is 0 Å². The van der Waals surface area contributed by atoms with Crippen LogP contribution in [0.5, 0.6) is 0 Å². The Hall–Kier alpha value is -1.72. The van der Waals surface area contributed by atoms with Gasteiger partial charge in [-0.05, 0) is 49.8 Å². The number of unbranched alkanes of at least 4 members (excludes halogenated alkanes) is 7. The normalized spacial score (nSPS) is 16.1. The highest BCUT2D eigenvalue weighted by atomic mass is 16.6. The molecule has 1 aromatic carbocycles. The van der Waals surface area contributed by atoms with Crippen LogP contribution in [0, 0.1) is 0 Å². The number of esters is 1. The molecule has 0 radical (unpaired) electrons. The number of ether oxygens (including phenoxy) is 1. The third-order valence-corrected chi connectivity index (χ3v) is 6.83. The molecule has 0 aromatic heterocycles. The van der Waals surface area contributed by atoms with Crippen molar-refractivity contribution in [2.45, 2.75) is 96.4 Å². The number of carbonyl (C=O) groups excluding carboxylic acids is 2. The van der Waals surface area contributed by atoms with Gasteiger partial charge in [-0.25, -0.2) is 4.79 Å². The molecule has 5 heteroatoms. The number of nitrogens with zero attached hydrogens (tertiary/aromatic N) is 1. The molecule has 5 nitrogen and oxygen atoms in total. The van der Waals surface area contributed by atoms with Crippen molar-refractivity contribution in [3.05, 3.63) is 35.4 Å². The van der Waals surface area contributed by atoms with Gasteiger partial charge in [0.1, 0.15) is 5.54 Å². The highest BCUT2D eigenvalue weighted by molar-refractivity contribution is 5.85. The zero-order valence-electron chi connectivity index (χ0n) is 20.4. The Kier molecular flexibility index (Phi) is 12.6. The minimum Gasteiger partial charge on any atom is -0.394 e. The van der Waals surface area contributed by atoms with Gasteiger partial charge in [0, 0.05) is 19.6 Å². The third kappa shape index (κ3) is 9.03. The van der Waals surface area contributed by atoms with Crippen molar-refractivity contribution in [1.29, 1.82) is 0 Å². The fourth-order valence-corrected chi connectivity index (χ4v) is 4.73. The average Bonchev–Trinajstić information content (AvgIpc) is 2.81. The van der Waals surface area contributed by atoms with E-state index in [4.69, 9.17) is 0 Å². The maximum atomic E-state index is 12.3. The van der Waals surface area contributed by atoms with Crippen LogP contribution in [0.3, 0.4) is 0 Å². The van der Waals surface area contributed by atoms with Gasteiger partial charge in [0.15, 0.2) is 0 Å². The minimum absolute atomic E-state index is 0.242. The quantitative estimate of drug-likeness (QED) is 0.167. The van der Waals surface area contributed by atoms with Crippen molar-refractivity contribution in [3.8, 4) is 0 Å². The molecule has 1 aliphatic rings. The van der Waals surface area contributed by atoms with Crippen LogP contribution in [-0.4, -0.2) is 49.1 Å². The predicted molar refractivity (Wildman–Crippen MR) is 131 cm³/mol. The fourth-order valence-electron chi connectivity index (χ4n) is 4.73. The summed E-state index contributed by atoms with van der Waals surface area (Å²) in [6, 6.07) is 9.12. The Balaban J connectivity index is 1.65. The number of likely N-dealkylation sites (tertiary alicyclic amines) is 1. The van der Waals surface area contributed by atoms with Crippen LogP contribution in [0.2, 0.25) is 0 Å². The standard InChI is InChI=1S/C27H44N2O3/c1-3-5-6-7-8-9-10-11-12-24-13-15-25(16-14-24)17-20-29-21-18-27(19-22-29,28-4-2)26(31)32-23-30/h13-16,23,28H,3-12,17-22H2,1-2H3. The zero-order chi connectivity index (χ0) is 23.1. The monoisotopic (exact) mass is 444 g/mol. The summed E-state index contributed by atoms with van der Waals surface area (Å²) in [7, 11) is 0. The number of rotatable bonds is 16. The van der Waals surface area contributed by atoms with E-state index in [2.05, 4.69) is 46.1 Å². The summed E-state index contributed by atoms with van der Waals surface area (Å²) in [6.07, 6.45) is 14.5. The van der Waals surface area contributed by atoms with E-state index in [0.717, 1.165) is 26.1 Å². The number of aryl methyl sites for hydroxylation is 1. The van der Waals surface area contributed by atoms with Gasteiger partial charge in [0.2, 0.25) is 0 Å². The van der Waals surface area contributed by atoms with Crippen molar-refractivity contribution in [2.24, 2.45) is 0 Å². The molecular formula is C27H44N2O3. The number of nitrogens with one attached hydrogen (secondary N) is 1. The van der Waals surface area contributed by atoms with Gasteiger partial charge in [-0.1, -0.05) is 83.1 Å². The molecule has 0 atom stereocenters. The maximum absolute atomic E-state index is 12.3. The van der Waals surface area contributed by atoms with E-state index < -0.39 is 11.5 Å². The molecule has 0 amide bonds. The van der Waals surface area contributed by atoms with Crippen molar-refractivity contribution in [3.63, 3.8) is 0 Å². The molecule has 32 heavy (non-hydrogen) atoms. The summed E-state index contributed by atoms with van der Waals surface area (Å²) in [6.45, 7) is 7.81. The summed E-state index contributed by atoms with van der Waals surface area (Å²) < 4.78 is 4.67. The van der Waals surface area contributed by atoms with Crippen LogP contribution in [0.4, 0.5) is 0 Å². The lowest BCUT2D eigenvalue weighted by atomic mass is 9.87. The molecule has 1 saturated heterocycles. The number of likely N-dealkylation sites (N-methyl/N-ethyl adjacent to an activating group) is 1. The van der Waals surface area contributed by atoms with Crippen molar-refractivity contribution >= 4 is 12.4 Å².